The van der Waals surface area contributed by atoms with Crippen molar-refractivity contribution in [2.45, 2.75) is 39.3 Å². The van der Waals surface area contributed by atoms with E-state index >= 15 is 0 Å². The molecular formula is C30H34Fe2Si2+4. The first-order chi connectivity index (χ1) is 15.1. The maximum atomic E-state index is 3.31. The van der Waals surface area contributed by atoms with Gasteiger partial charge in [0.1, 0.15) is 16.1 Å². The second kappa shape index (κ2) is 17.9. The molecule has 4 rings (SSSR count). The van der Waals surface area contributed by atoms with E-state index in [-0.39, 0.29) is 34.1 Å². The first kappa shape index (κ1) is 34.6. The molecule has 0 unspecified atom stereocenters. The van der Waals surface area contributed by atoms with Crippen LogP contribution >= 0.6 is 0 Å². The summed E-state index contributed by atoms with van der Waals surface area (Å²) in [5.74, 6) is 11.3. The molecule has 0 heterocycles. The van der Waals surface area contributed by atoms with Crippen LogP contribution in [0.5, 0.6) is 0 Å². The van der Waals surface area contributed by atoms with E-state index in [1.54, 1.807) is 0 Å². The van der Waals surface area contributed by atoms with Crippen LogP contribution in [0.1, 0.15) is 0 Å². The van der Waals surface area contributed by atoms with Gasteiger partial charge in [0.15, 0.2) is 0 Å². The third-order valence-electron chi connectivity index (χ3n) is 4.15. The van der Waals surface area contributed by atoms with Gasteiger partial charge in [-0.1, -0.05) is 39.3 Å². The van der Waals surface area contributed by atoms with E-state index in [1.807, 2.05) is 51.4 Å². The van der Waals surface area contributed by atoms with E-state index in [9.17, 15) is 0 Å². The molecule has 4 saturated carbocycles. The van der Waals surface area contributed by atoms with Crippen LogP contribution < -0.4 is 0 Å². The Morgan fingerprint density at radius 2 is 0.647 bits per heavy atom. The molecule has 0 amide bonds. The fraction of sp³-hybridized carbons (Fsp3) is 0.200. The molecule has 0 aliphatic heterocycles. The Morgan fingerprint density at radius 3 is 0.882 bits per heavy atom. The predicted octanol–water partition coefficient (Wildman–Crippen LogP) is 6.34. The van der Waals surface area contributed by atoms with Crippen molar-refractivity contribution in [1.82, 2.24) is 0 Å². The third-order valence-corrected chi connectivity index (χ3v) is 5.90. The SMILES string of the molecule is C[Si](C)(C)C#C[C]1[CH][CH][CH][CH]1.C[Si](C)(C)C#C[C]1[CH][CH][CH][CH]1.[CH]1[CH][CH][C]([C]2[CH][CH][CH][CH]2)[CH]1.[Fe+2].[Fe+2]. The van der Waals surface area contributed by atoms with Gasteiger partial charge in [0.2, 0.25) is 0 Å². The van der Waals surface area contributed by atoms with Crippen LogP contribution in [0.4, 0.5) is 0 Å². The molecule has 0 nitrogen and oxygen atoms in total. The van der Waals surface area contributed by atoms with Crippen LogP contribution in [0.2, 0.25) is 39.3 Å². The smallest absolute Gasteiger partial charge is 0.131 e. The zero-order valence-corrected chi connectivity index (χ0v) is 25.2. The van der Waals surface area contributed by atoms with Crippen molar-refractivity contribution < 1.29 is 34.1 Å². The molecule has 4 aliphatic rings. The molecule has 4 heteroatoms. The van der Waals surface area contributed by atoms with Crippen molar-refractivity contribution in [2.24, 2.45) is 0 Å². The molecule has 20 radical (unpaired) electrons. The van der Waals surface area contributed by atoms with Gasteiger partial charge < -0.3 is 0 Å². The van der Waals surface area contributed by atoms with Crippen LogP contribution in [0.3, 0.4) is 0 Å². The van der Waals surface area contributed by atoms with Gasteiger partial charge in [0, 0.05) is 0 Å². The standard InChI is InChI=1S/2C10H13Si.C10H8.2Fe/c2*1-11(2,3)9-8-10-6-4-5-7-10;1-2-6-9(5-1)10-7-3-4-8-10;;/h2*4-7H,1-3H3;1-8H;;/q;;;2*+2. The van der Waals surface area contributed by atoms with Gasteiger partial charge in [0.25, 0.3) is 0 Å². The molecule has 0 bridgehead atoms. The summed E-state index contributed by atoms with van der Waals surface area (Å²) >= 11 is 0. The van der Waals surface area contributed by atoms with Crippen molar-refractivity contribution in [3.05, 3.63) is 126 Å². The molecule has 0 aromatic carbocycles. The molecule has 0 N–H and O–H groups in total. The predicted molar refractivity (Wildman–Crippen MR) is 144 cm³/mol. The Labute approximate surface area is 237 Å². The average molecular weight is 562 g/mol. The summed E-state index contributed by atoms with van der Waals surface area (Å²) in [5.41, 5.74) is 6.63. The number of hydrogen-bond acceptors (Lipinski definition) is 0. The van der Waals surface area contributed by atoms with Gasteiger partial charge in [-0.25, -0.2) is 0 Å². The largest absolute Gasteiger partial charge is 2.00 e. The van der Waals surface area contributed by atoms with E-state index in [0.717, 1.165) is 11.8 Å². The number of rotatable bonds is 1. The normalized spacial score (nSPS) is 21.5. The van der Waals surface area contributed by atoms with Gasteiger partial charge >= 0.3 is 34.1 Å². The molecule has 174 valence electrons. The van der Waals surface area contributed by atoms with Crippen molar-refractivity contribution >= 4 is 16.1 Å². The van der Waals surface area contributed by atoms with E-state index in [0.29, 0.717) is 0 Å². The summed E-state index contributed by atoms with van der Waals surface area (Å²) in [4.78, 5) is 0. The average Bonchev–Trinajstić information content (AvgIpc) is 3.52. The molecule has 4 aliphatic carbocycles. The van der Waals surface area contributed by atoms with Crippen molar-refractivity contribution in [3.63, 3.8) is 0 Å². The maximum absolute atomic E-state index is 3.31. The van der Waals surface area contributed by atoms with Crippen molar-refractivity contribution in [1.29, 1.82) is 0 Å². The van der Waals surface area contributed by atoms with Crippen LogP contribution in [0.15, 0.2) is 0 Å². The van der Waals surface area contributed by atoms with Gasteiger partial charge in [0.05, 0.1) is 11.8 Å². The zero-order chi connectivity index (χ0) is 23.5. The second-order valence-corrected chi connectivity index (χ2v) is 19.2. The summed E-state index contributed by atoms with van der Waals surface area (Å²) < 4.78 is 0. The zero-order valence-electron chi connectivity index (χ0n) is 20.9. The maximum Gasteiger partial charge on any atom is 2.00 e. The number of hydrogen-bond donors (Lipinski definition) is 0. The van der Waals surface area contributed by atoms with E-state index in [2.05, 4.69) is 114 Å². The van der Waals surface area contributed by atoms with E-state index < -0.39 is 16.1 Å². The van der Waals surface area contributed by atoms with Crippen LogP contribution in [-0.2, 0) is 34.1 Å². The van der Waals surface area contributed by atoms with Crippen molar-refractivity contribution in [3.8, 4) is 22.9 Å². The van der Waals surface area contributed by atoms with Crippen LogP contribution in [0, 0.1) is 149 Å². The minimum absolute atomic E-state index is 0. The van der Waals surface area contributed by atoms with E-state index in [4.69, 9.17) is 0 Å². The molecule has 4 fully saturated rings. The fourth-order valence-electron chi connectivity index (χ4n) is 2.57. The molecule has 0 spiro atoms. The summed E-state index contributed by atoms with van der Waals surface area (Å²) in [6.45, 7) is 13.5. The topological polar surface area (TPSA) is 0 Å². The van der Waals surface area contributed by atoms with Gasteiger partial charge in [-0.3, -0.25) is 0 Å². The molecule has 0 atom stereocenters. The minimum Gasteiger partial charge on any atom is -0.131 e. The first-order valence-corrected chi connectivity index (χ1v) is 18.1. The molecule has 34 heavy (non-hydrogen) atoms. The van der Waals surface area contributed by atoms with Crippen LogP contribution in [-0.4, -0.2) is 16.1 Å². The van der Waals surface area contributed by atoms with Crippen molar-refractivity contribution in [2.75, 3.05) is 0 Å². The first-order valence-electron chi connectivity index (χ1n) is 11.1. The summed E-state index contributed by atoms with van der Waals surface area (Å²) in [6, 6.07) is 0. The fourth-order valence-corrected chi connectivity index (χ4v) is 3.61. The molecule has 0 aromatic heterocycles. The Kier molecular flexibility index (Phi) is 18.3. The Balaban J connectivity index is 0.000000467. The Morgan fingerprint density at radius 1 is 0.412 bits per heavy atom. The molecular weight excluding hydrogens is 528 g/mol. The Bertz CT molecular complexity index is 572. The summed E-state index contributed by atoms with van der Waals surface area (Å²) in [6.07, 6.45) is 33.0. The third kappa shape index (κ3) is 16.4. The van der Waals surface area contributed by atoms with Gasteiger partial charge in [-0.05, 0) is 115 Å². The Hall–Kier alpha value is 0.593. The molecule has 0 aromatic rings. The monoisotopic (exact) mass is 562 g/mol. The quantitative estimate of drug-likeness (QED) is 0.259. The second-order valence-electron chi connectivity index (χ2n) is 9.69. The van der Waals surface area contributed by atoms with Gasteiger partial charge in [-0.15, -0.1) is 22.9 Å². The molecule has 0 saturated heterocycles. The minimum atomic E-state index is -1.17. The van der Waals surface area contributed by atoms with Gasteiger partial charge in [-0.2, -0.15) is 0 Å². The van der Waals surface area contributed by atoms with E-state index in [1.165, 1.54) is 11.8 Å². The van der Waals surface area contributed by atoms with Crippen LogP contribution in [0.25, 0.3) is 0 Å². The summed E-state index contributed by atoms with van der Waals surface area (Å²) in [5, 5.41) is 0. The summed E-state index contributed by atoms with van der Waals surface area (Å²) in [7, 11) is -2.35.